The Hall–Kier alpha value is -2.50. The number of nitrogens with zero attached hydrogens (tertiary/aromatic N) is 3. The minimum absolute atomic E-state index is 0.0446. The number of hydrogen-bond donors (Lipinski definition) is 1. The Morgan fingerprint density at radius 2 is 2.14 bits per heavy atom. The Morgan fingerprint density at radius 3 is 2.76 bits per heavy atom. The third-order valence-corrected chi connectivity index (χ3v) is 3.00. The molecule has 0 saturated carbocycles. The molecule has 0 aliphatic heterocycles. The zero-order valence-electron chi connectivity index (χ0n) is 12.1. The summed E-state index contributed by atoms with van der Waals surface area (Å²) in [6.45, 7) is 4.22. The van der Waals surface area contributed by atoms with Crippen LogP contribution in [-0.2, 0) is 17.9 Å². The minimum Gasteiger partial charge on any atom is -0.349 e. The quantitative estimate of drug-likeness (QED) is 0.892. The van der Waals surface area contributed by atoms with E-state index in [1.807, 2.05) is 32.0 Å². The highest BCUT2D eigenvalue weighted by atomic mass is 16.2. The summed E-state index contributed by atoms with van der Waals surface area (Å²) in [6, 6.07) is 6.96. The Balaban J connectivity index is 1.95. The van der Waals surface area contributed by atoms with Gasteiger partial charge >= 0.3 is 0 Å². The van der Waals surface area contributed by atoms with E-state index in [2.05, 4.69) is 15.3 Å². The molecule has 0 saturated heterocycles. The highest BCUT2D eigenvalue weighted by Gasteiger charge is 2.07. The first-order chi connectivity index (χ1) is 10.1. The normalized spacial score (nSPS) is 10.6. The van der Waals surface area contributed by atoms with Crippen molar-refractivity contribution < 1.29 is 4.79 Å². The van der Waals surface area contributed by atoms with Crippen LogP contribution in [0.3, 0.4) is 0 Å². The Bertz CT molecular complexity index is 665. The van der Waals surface area contributed by atoms with Gasteiger partial charge in [-0.25, -0.2) is 4.98 Å². The second kappa shape index (κ2) is 6.78. The number of carbonyl (C=O) groups is 1. The highest BCUT2D eigenvalue weighted by Crippen LogP contribution is 2.07. The van der Waals surface area contributed by atoms with Gasteiger partial charge in [0.05, 0.1) is 24.3 Å². The van der Waals surface area contributed by atoms with Crippen LogP contribution in [0.4, 0.5) is 0 Å². The smallest absolute Gasteiger partial charge is 0.254 e. The van der Waals surface area contributed by atoms with Crippen LogP contribution in [0.5, 0.6) is 0 Å². The molecule has 110 valence electrons. The van der Waals surface area contributed by atoms with Crippen LogP contribution in [0, 0.1) is 0 Å². The maximum atomic E-state index is 11.9. The molecule has 2 rings (SSSR count). The number of rotatable bonds is 5. The van der Waals surface area contributed by atoms with E-state index in [1.54, 1.807) is 6.20 Å². The molecule has 0 atom stereocenters. The Morgan fingerprint density at radius 1 is 1.33 bits per heavy atom. The number of amides is 1. The molecule has 2 aromatic heterocycles. The lowest BCUT2D eigenvalue weighted by molar-refractivity contribution is -0.121. The lowest BCUT2D eigenvalue weighted by atomic mass is 10.1. The molecule has 1 amide bonds. The van der Waals surface area contributed by atoms with Crippen molar-refractivity contribution >= 4 is 5.91 Å². The van der Waals surface area contributed by atoms with Gasteiger partial charge in [-0.15, -0.1) is 0 Å². The number of aromatic nitrogens is 3. The molecule has 0 aliphatic carbocycles. The SMILES string of the molecule is CC(C)c1cc(=O)n(CC(=O)NCc2ccccn2)cn1. The average Bonchev–Trinajstić information content (AvgIpc) is 2.48. The van der Waals surface area contributed by atoms with Crippen LogP contribution < -0.4 is 10.9 Å². The fourth-order valence-corrected chi connectivity index (χ4v) is 1.78. The molecule has 0 fully saturated rings. The van der Waals surface area contributed by atoms with Crippen molar-refractivity contribution in [2.75, 3.05) is 0 Å². The summed E-state index contributed by atoms with van der Waals surface area (Å²) < 4.78 is 1.29. The summed E-state index contributed by atoms with van der Waals surface area (Å²) in [6.07, 6.45) is 3.08. The van der Waals surface area contributed by atoms with E-state index < -0.39 is 0 Å². The number of pyridine rings is 1. The second-order valence-electron chi connectivity index (χ2n) is 5.03. The van der Waals surface area contributed by atoms with Gasteiger partial charge in [-0.2, -0.15) is 0 Å². The standard InChI is InChI=1S/C15H18N4O2/c1-11(2)13-7-15(21)19(10-18-13)9-14(20)17-8-12-5-3-4-6-16-12/h3-7,10-11H,8-9H2,1-2H3,(H,17,20). The monoisotopic (exact) mass is 286 g/mol. The summed E-state index contributed by atoms with van der Waals surface area (Å²) in [5, 5.41) is 2.72. The maximum Gasteiger partial charge on any atom is 0.254 e. The first kappa shape index (κ1) is 14.9. The van der Waals surface area contributed by atoms with Gasteiger partial charge < -0.3 is 5.32 Å². The van der Waals surface area contributed by atoms with Gasteiger partial charge in [0, 0.05) is 12.3 Å². The van der Waals surface area contributed by atoms with Crippen molar-refractivity contribution in [2.45, 2.75) is 32.9 Å². The zero-order valence-corrected chi connectivity index (χ0v) is 12.1. The Kier molecular flexibility index (Phi) is 4.81. The van der Waals surface area contributed by atoms with Crippen molar-refractivity contribution in [2.24, 2.45) is 0 Å². The molecule has 0 aliphatic rings. The third-order valence-electron chi connectivity index (χ3n) is 3.00. The van der Waals surface area contributed by atoms with Gasteiger partial charge in [-0.1, -0.05) is 19.9 Å². The number of carbonyl (C=O) groups excluding carboxylic acids is 1. The first-order valence-corrected chi connectivity index (χ1v) is 6.79. The van der Waals surface area contributed by atoms with Crippen LogP contribution in [0.1, 0.15) is 31.2 Å². The molecular weight excluding hydrogens is 268 g/mol. The summed E-state index contributed by atoms with van der Waals surface area (Å²) in [5.74, 6) is -0.0628. The molecular formula is C15H18N4O2. The molecule has 0 aromatic carbocycles. The van der Waals surface area contributed by atoms with E-state index in [0.29, 0.717) is 6.54 Å². The topological polar surface area (TPSA) is 76.9 Å². The van der Waals surface area contributed by atoms with Crippen molar-refractivity contribution in [1.29, 1.82) is 0 Å². The van der Waals surface area contributed by atoms with E-state index >= 15 is 0 Å². The predicted molar refractivity (Wildman–Crippen MR) is 78.7 cm³/mol. The Labute approximate surface area is 122 Å². The van der Waals surface area contributed by atoms with Crippen molar-refractivity contribution in [3.63, 3.8) is 0 Å². The lowest BCUT2D eigenvalue weighted by Crippen LogP contribution is -2.32. The highest BCUT2D eigenvalue weighted by molar-refractivity contribution is 5.75. The van der Waals surface area contributed by atoms with Gasteiger partial charge in [0.15, 0.2) is 0 Å². The molecule has 0 radical (unpaired) electrons. The molecule has 0 spiro atoms. The van der Waals surface area contributed by atoms with E-state index in [0.717, 1.165) is 11.4 Å². The van der Waals surface area contributed by atoms with Crippen LogP contribution in [-0.4, -0.2) is 20.4 Å². The number of hydrogen-bond acceptors (Lipinski definition) is 4. The van der Waals surface area contributed by atoms with Crippen LogP contribution in [0.25, 0.3) is 0 Å². The van der Waals surface area contributed by atoms with E-state index in [4.69, 9.17) is 0 Å². The largest absolute Gasteiger partial charge is 0.349 e. The van der Waals surface area contributed by atoms with Crippen LogP contribution in [0.15, 0.2) is 41.6 Å². The zero-order chi connectivity index (χ0) is 15.2. The van der Waals surface area contributed by atoms with Gasteiger partial charge in [0.2, 0.25) is 5.91 Å². The average molecular weight is 286 g/mol. The molecule has 2 aromatic rings. The molecule has 1 N–H and O–H groups in total. The molecule has 0 bridgehead atoms. The second-order valence-corrected chi connectivity index (χ2v) is 5.03. The molecule has 2 heterocycles. The first-order valence-electron chi connectivity index (χ1n) is 6.79. The van der Waals surface area contributed by atoms with Gasteiger partial charge in [0.1, 0.15) is 6.54 Å². The molecule has 0 unspecified atom stereocenters. The number of nitrogens with one attached hydrogen (secondary N) is 1. The van der Waals surface area contributed by atoms with Crippen LogP contribution >= 0.6 is 0 Å². The van der Waals surface area contributed by atoms with Gasteiger partial charge in [-0.3, -0.25) is 19.1 Å². The lowest BCUT2D eigenvalue weighted by Gasteiger charge is -2.08. The van der Waals surface area contributed by atoms with E-state index in [-0.39, 0.29) is 23.9 Å². The summed E-state index contributed by atoms with van der Waals surface area (Å²) in [4.78, 5) is 32.0. The fraction of sp³-hybridized carbons (Fsp3) is 0.333. The van der Waals surface area contributed by atoms with Crippen molar-refractivity contribution in [3.8, 4) is 0 Å². The third kappa shape index (κ3) is 4.24. The maximum absolute atomic E-state index is 11.9. The van der Waals surface area contributed by atoms with Crippen molar-refractivity contribution in [3.05, 3.63) is 58.5 Å². The minimum atomic E-state index is -0.248. The molecule has 6 heteroatoms. The summed E-state index contributed by atoms with van der Waals surface area (Å²) in [7, 11) is 0. The molecule has 6 nitrogen and oxygen atoms in total. The van der Waals surface area contributed by atoms with Crippen LogP contribution in [0.2, 0.25) is 0 Å². The summed E-state index contributed by atoms with van der Waals surface area (Å²) >= 11 is 0. The van der Waals surface area contributed by atoms with E-state index in [1.165, 1.54) is 17.0 Å². The van der Waals surface area contributed by atoms with Crippen molar-refractivity contribution in [1.82, 2.24) is 19.9 Å². The predicted octanol–water partition coefficient (Wildman–Crippen LogP) is 1.08. The molecule has 21 heavy (non-hydrogen) atoms. The summed E-state index contributed by atoms with van der Waals surface area (Å²) in [5.41, 5.74) is 1.28. The van der Waals surface area contributed by atoms with Gasteiger partial charge in [0.25, 0.3) is 5.56 Å². The van der Waals surface area contributed by atoms with E-state index in [9.17, 15) is 9.59 Å². The fourth-order valence-electron chi connectivity index (χ4n) is 1.78. The van der Waals surface area contributed by atoms with Gasteiger partial charge in [-0.05, 0) is 18.1 Å².